The highest BCUT2D eigenvalue weighted by atomic mass is 35.5. The van der Waals surface area contributed by atoms with Gasteiger partial charge >= 0.3 is 6.18 Å². The van der Waals surface area contributed by atoms with Crippen molar-refractivity contribution in [2.45, 2.75) is 25.1 Å². The summed E-state index contributed by atoms with van der Waals surface area (Å²) in [6.07, 6.45) is 1.87. The average Bonchev–Trinajstić information content (AvgIpc) is 3.00. The monoisotopic (exact) mass is 330 g/mol. The number of aromatic nitrogens is 3. The van der Waals surface area contributed by atoms with Gasteiger partial charge in [-0.05, 0) is 25.0 Å². The maximum atomic E-state index is 12.7. The summed E-state index contributed by atoms with van der Waals surface area (Å²) in [6.45, 7) is 1.34. The second-order valence-corrected chi connectivity index (χ2v) is 5.66. The minimum atomic E-state index is -4.44. The SMILES string of the molecule is FC(F)(F)c1cnc(N2CCCC(n3cccn3)C2)c(Cl)c1. The fraction of sp³-hybridized carbons (Fsp3) is 0.429. The van der Waals surface area contributed by atoms with Gasteiger partial charge in [0.15, 0.2) is 0 Å². The average molecular weight is 331 g/mol. The zero-order valence-electron chi connectivity index (χ0n) is 11.6. The van der Waals surface area contributed by atoms with Gasteiger partial charge in [0.05, 0.1) is 16.6 Å². The summed E-state index contributed by atoms with van der Waals surface area (Å²) in [5.41, 5.74) is -0.832. The molecule has 0 aliphatic carbocycles. The van der Waals surface area contributed by atoms with E-state index in [2.05, 4.69) is 10.1 Å². The molecule has 3 heterocycles. The Labute approximate surface area is 130 Å². The number of pyridine rings is 1. The molecule has 0 spiro atoms. The van der Waals surface area contributed by atoms with Crippen LogP contribution >= 0.6 is 11.6 Å². The van der Waals surface area contributed by atoms with Crippen molar-refractivity contribution in [2.75, 3.05) is 18.0 Å². The second kappa shape index (κ2) is 5.79. The Morgan fingerprint density at radius 3 is 2.77 bits per heavy atom. The Balaban J connectivity index is 1.82. The molecule has 0 N–H and O–H groups in total. The van der Waals surface area contributed by atoms with E-state index in [0.29, 0.717) is 12.4 Å². The van der Waals surface area contributed by atoms with E-state index < -0.39 is 11.7 Å². The van der Waals surface area contributed by atoms with Crippen LogP contribution in [-0.2, 0) is 6.18 Å². The predicted molar refractivity (Wildman–Crippen MR) is 77.0 cm³/mol. The first-order valence-corrected chi connectivity index (χ1v) is 7.30. The van der Waals surface area contributed by atoms with Crippen LogP contribution in [0, 0.1) is 0 Å². The number of hydrogen-bond donors (Lipinski definition) is 0. The molecular formula is C14H14ClF3N4. The molecule has 1 atom stereocenters. The quantitative estimate of drug-likeness (QED) is 0.840. The van der Waals surface area contributed by atoms with Crippen LogP contribution in [0.25, 0.3) is 0 Å². The minimum Gasteiger partial charge on any atom is -0.353 e. The number of piperidine rings is 1. The van der Waals surface area contributed by atoms with E-state index in [0.717, 1.165) is 31.6 Å². The number of hydrogen-bond acceptors (Lipinski definition) is 3. The van der Waals surface area contributed by atoms with E-state index in [1.165, 1.54) is 0 Å². The highest BCUT2D eigenvalue weighted by molar-refractivity contribution is 6.33. The van der Waals surface area contributed by atoms with E-state index in [4.69, 9.17) is 11.6 Å². The van der Waals surface area contributed by atoms with E-state index >= 15 is 0 Å². The molecule has 0 radical (unpaired) electrons. The number of rotatable bonds is 2. The van der Waals surface area contributed by atoms with Gasteiger partial charge in [-0.3, -0.25) is 4.68 Å². The van der Waals surface area contributed by atoms with Gasteiger partial charge in [-0.25, -0.2) is 4.98 Å². The molecule has 1 aliphatic rings. The molecule has 0 saturated carbocycles. The molecule has 1 unspecified atom stereocenters. The fourth-order valence-corrected chi connectivity index (χ4v) is 2.96. The number of anilines is 1. The van der Waals surface area contributed by atoms with Crippen LogP contribution in [0.1, 0.15) is 24.4 Å². The second-order valence-electron chi connectivity index (χ2n) is 5.26. The lowest BCUT2D eigenvalue weighted by atomic mass is 10.1. The lowest BCUT2D eigenvalue weighted by molar-refractivity contribution is -0.137. The molecule has 8 heteroatoms. The molecule has 0 amide bonds. The highest BCUT2D eigenvalue weighted by Crippen LogP contribution is 2.35. The summed E-state index contributed by atoms with van der Waals surface area (Å²) in [5.74, 6) is 0.395. The van der Waals surface area contributed by atoms with Gasteiger partial charge in [0.25, 0.3) is 0 Å². The topological polar surface area (TPSA) is 34.0 Å². The molecule has 0 aromatic carbocycles. The Morgan fingerprint density at radius 1 is 1.32 bits per heavy atom. The summed E-state index contributed by atoms with van der Waals surface area (Å²) in [7, 11) is 0. The molecule has 1 saturated heterocycles. The summed E-state index contributed by atoms with van der Waals surface area (Å²) in [6, 6.07) is 2.95. The Kier molecular flexibility index (Phi) is 3.99. The number of nitrogens with zero attached hydrogens (tertiary/aromatic N) is 4. The van der Waals surface area contributed by atoms with E-state index in [1.807, 2.05) is 21.8 Å². The van der Waals surface area contributed by atoms with Crippen LogP contribution < -0.4 is 4.90 Å². The molecule has 2 aromatic heterocycles. The molecule has 118 valence electrons. The Hall–Kier alpha value is -1.76. The third-order valence-corrected chi connectivity index (χ3v) is 4.02. The maximum absolute atomic E-state index is 12.7. The normalized spacial score (nSPS) is 19.5. The van der Waals surface area contributed by atoms with Crippen molar-refractivity contribution in [3.05, 3.63) is 41.3 Å². The van der Waals surface area contributed by atoms with Gasteiger partial charge < -0.3 is 4.90 Å². The Bertz CT molecular complexity index is 642. The van der Waals surface area contributed by atoms with Crippen LogP contribution in [0.15, 0.2) is 30.7 Å². The van der Waals surface area contributed by atoms with E-state index in [-0.39, 0.29) is 11.1 Å². The molecule has 0 bridgehead atoms. The van der Waals surface area contributed by atoms with Crippen LogP contribution in [0.3, 0.4) is 0 Å². The van der Waals surface area contributed by atoms with Crippen molar-refractivity contribution in [3.8, 4) is 0 Å². The lowest BCUT2D eigenvalue weighted by Gasteiger charge is -2.34. The summed E-state index contributed by atoms with van der Waals surface area (Å²) in [4.78, 5) is 5.84. The fourth-order valence-electron chi connectivity index (χ4n) is 2.68. The standard InChI is InChI=1S/C14H14ClF3N4/c15-12-7-10(14(16,17)18)8-19-13(12)21-5-1-3-11(9-21)22-6-2-4-20-22/h2,4,6-8,11H,1,3,5,9H2. The smallest absolute Gasteiger partial charge is 0.353 e. The predicted octanol–water partition coefficient (Wildman–Crippen LogP) is 3.79. The van der Waals surface area contributed by atoms with Crippen LogP contribution in [-0.4, -0.2) is 27.9 Å². The minimum absolute atomic E-state index is 0.0240. The lowest BCUT2D eigenvalue weighted by Crippen LogP contribution is -2.37. The van der Waals surface area contributed by atoms with Crippen molar-refractivity contribution < 1.29 is 13.2 Å². The third kappa shape index (κ3) is 3.04. The molecular weight excluding hydrogens is 317 g/mol. The van der Waals surface area contributed by atoms with Crippen molar-refractivity contribution in [3.63, 3.8) is 0 Å². The van der Waals surface area contributed by atoms with Gasteiger partial charge in [0.1, 0.15) is 5.82 Å². The van der Waals surface area contributed by atoms with Gasteiger partial charge in [-0.1, -0.05) is 11.6 Å². The summed E-state index contributed by atoms with van der Waals surface area (Å²) >= 11 is 6.01. The maximum Gasteiger partial charge on any atom is 0.417 e. The Morgan fingerprint density at radius 2 is 2.14 bits per heavy atom. The zero-order chi connectivity index (χ0) is 15.7. The first-order valence-electron chi connectivity index (χ1n) is 6.92. The molecule has 1 fully saturated rings. The third-order valence-electron chi connectivity index (χ3n) is 3.74. The largest absolute Gasteiger partial charge is 0.417 e. The zero-order valence-corrected chi connectivity index (χ0v) is 12.3. The first kappa shape index (κ1) is 15.1. The molecule has 1 aliphatic heterocycles. The first-order chi connectivity index (χ1) is 10.4. The molecule has 4 nitrogen and oxygen atoms in total. The van der Waals surface area contributed by atoms with Gasteiger partial charge in [0.2, 0.25) is 0 Å². The number of alkyl halides is 3. The van der Waals surface area contributed by atoms with Crippen molar-refractivity contribution >= 4 is 17.4 Å². The van der Waals surface area contributed by atoms with Crippen molar-refractivity contribution in [2.24, 2.45) is 0 Å². The van der Waals surface area contributed by atoms with Crippen LogP contribution in [0.2, 0.25) is 5.02 Å². The van der Waals surface area contributed by atoms with E-state index in [1.54, 1.807) is 6.20 Å². The molecule has 2 aromatic rings. The van der Waals surface area contributed by atoms with Gasteiger partial charge in [0, 0.05) is 31.7 Å². The van der Waals surface area contributed by atoms with Gasteiger partial charge in [-0.15, -0.1) is 0 Å². The van der Waals surface area contributed by atoms with Crippen molar-refractivity contribution in [1.29, 1.82) is 0 Å². The molecule has 3 rings (SSSR count). The van der Waals surface area contributed by atoms with E-state index in [9.17, 15) is 13.2 Å². The molecule has 22 heavy (non-hydrogen) atoms. The van der Waals surface area contributed by atoms with Crippen LogP contribution in [0.5, 0.6) is 0 Å². The number of halogens is 4. The summed E-state index contributed by atoms with van der Waals surface area (Å²) in [5, 5.41) is 4.25. The highest BCUT2D eigenvalue weighted by Gasteiger charge is 2.32. The van der Waals surface area contributed by atoms with Gasteiger partial charge in [-0.2, -0.15) is 18.3 Å². The van der Waals surface area contributed by atoms with Crippen LogP contribution in [0.4, 0.5) is 19.0 Å². The van der Waals surface area contributed by atoms with Crippen molar-refractivity contribution in [1.82, 2.24) is 14.8 Å². The summed E-state index contributed by atoms with van der Waals surface area (Å²) < 4.78 is 39.9.